The van der Waals surface area contributed by atoms with Crippen LogP contribution in [0.1, 0.15) is 46.5 Å². The third kappa shape index (κ3) is 3.83. The highest BCUT2D eigenvalue weighted by Gasteiger charge is 2.30. The minimum atomic E-state index is 0.131. The molecule has 0 aromatic carbocycles. The van der Waals surface area contributed by atoms with Crippen molar-refractivity contribution in [2.75, 3.05) is 6.61 Å². The lowest BCUT2D eigenvalue weighted by atomic mass is 9.79. The van der Waals surface area contributed by atoms with Crippen LogP contribution in [-0.2, 0) is 4.74 Å². The van der Waals surface area contributed by atoms with Gasteiger partial charge >= 0.3 is 0 Å². The molecule has 0 heterocycles. The van der Waals surface area contributed by atoms with Gasteiger partial charge in [-0.1, -0.05) is 27.2 Å². The van der Waals surface area contributed by atoms with Gasteiger partial charge in [0, 0.05) is 6.61 Å². The Morgan fingerprint density at radius 3 is 2.67 bits per heavy atom. The van der Waals surface area contributed by atoms with Crippen LogP contribution in [0.3, 0.4) is 0 Å². The van der Waals surface area contributed by atoms with Crippen molar-refractivity contribution in [3.8, 4) is 6.07 Å². The number of hydrogen-bond acceptors (Lipinski definition) is 2. The van der Waals surface area contributed by atoms with E-state index >= 15 is 0 Å². The van der Waals surface area contributed by atoms with Crippen molar-refractivity contribution in [3.63, 3.8) is 0 Å². The maximum atomic E-state index is 9.06. The molecule has 0 aromatic rings. The van der Waals surface area contributed by atoms with E-state index < -0.39 is 0 Å². The van der Waals surface area contributed by atoms with Crippen LogP contribution in [0.4, 0.5) is 0 Å². The molecule has 3 unspecified atom stereocenters. The molecule has 2 heteroatoms. The van der Waals surface area contributed by atoms with Crippen LogP contribution in [0.5, 0.6) is 0 Å². The fourth-order valence-electron chi connectivity index (χ4n) is 2.23. The van der Waals surface area contributed by atoms with Crippen molar-refractivity contribution >= 4 is 0 Å². The molecule has 86 valence electrons. The van der Waals surface area contributed by atoms with Crippen molar-refractivity contribution in [1.29, 1.82) is 5.26 Å². The maximum Gasteiger partial charge on any atom is 0.0735 e. The van der Waals surface area contributed by atoms with E-state index in [1.807, 2.05) is 0 Å². The van der Waals surface area contributed by atoms with Gasteiger partial charge < -0.3 is 4.74 Å². The van der Waals surface area contributed by atoms with E-state index in [-0.39, 0.29) is 12.0 Å². The van der Waals surface area contributed by atoms with Crippen LogP contribution in [-0.4, -0.2) is 12.7 Å². The van der Waals surface area contributed by atoms with Crippen molar-refractivity contribution in [3.05, 3.63) is 0 Å². The van der Waals surface area contributed by atoms with Crippen LogP contribution in [0.15, 0.2) is 0 Å². The second-order valence-electron chi connectivity index (χ2n) is 5.09. The Kier molecular flexibility index (Phi) is 5.11. The Morgan fingerprint density at radius 2 is 2.13 bits per heavy atom. The third-order valence-electron chi connectivity index (χ3n) is 3.29. The smallest absolute Gasteiger partial charge is 0.0735 e. The van der Waals surface area contributed by atoms with E-state index in [0.717, 1.165) is 25.4 Å². The van der Waals surface area contributed by atoms with Gasteiger partial charge in [-0.15, -0.1) is 0 Å². The highest BCUT2D eigenvalue weighted by atomic mass is 16.5. The Hall–Kier alpha value is -0.550. The first kappa shape index (κ1) is 12.5. The highest BCUT2D eigenvalue weighted by Crippen LogP contribution is 2.32. The Labute approximate surface area is 93.6 Å². The molecule has 1 aliphatic rings. The normalized spacial score (nSPS) is 31.5. The van der Waals surface area contributed by atoms with E-state index in [1.165, 1.54) is 12.8 Å². The summed E-state index contributed by atoms with van der Waals surface area (Å²) in [4.78, 5) is 0. The molecule has 15 heavy (non-hydrogen) atoms. The zero-order chi connectivity index (χ0) is 11.3. The number of rotatable bonds is 4. The molecule has 0 N–H and O–H groups in total. The van der Waals surface area contributed by atoms with Crippen LogP contribution in [0, 0.1) is 29.1 Å². The Bertz CT molecular complexity index is 219. The number of nitrogens with zero attached hydrogens (tertiary/aromatic N) is 1. The molecular formula is C13H23NO. The van der Waals surface area contributed by atoms with Crippen LogP contribution in [0.2, 0.25) is 0 Å². The minimum absolute atomic E-state index is 0.131. The Morgan fingerprint density at radius 1 is 1.40 bits per heavy atom. The summed E-state index contributed by atoms with van der Waals surface area (Å²) in [6.45, 7) is 7.33. The summed E-state index contributed by atoms with van der Waals surface area (Å²) in [6, 6.07) is 2.40. The van der Waals surface area contributed by atoms with Gasteiger partial charge in [0.1, 0.15) is 0 Å². The second-order valence-corrected chi connectivity index (χ2v) is 5.09. The average molecular weight is 209 g/mol. The fourth-order valence-corrected chi connectivity index (χ4v) is 2.23. The standard InChI is InChI=1S/C13H23NO/c1-4-11-5-6-12(8-14)13(7-11)15-9-10(2)3/h10-13H,4-7,9H2,1-3H3. The molecule has 1 aliphatic carbocycles. The first-order valence-electron chi connectivity index (χ1n) is 6.18. The molecular weight excluding hydrogens is 186 g/mol. The SMILES string of the molecule is CCC1CCC(C#N)C(OCC(C)C)C1. The lowest BCUT2D eigenvalue weighted by molar-refractivity contribution is -0.0215. The van der Waals surface area contributed by atoms with Crippen molar-refractivity contribution in [2.24, 2.45) is 17.8 Å². The molecule has 0 saturated heterocycles. The van der Waals surface area contributed by atoms with Gasteiger partial charge in [-0.2, -0.15) is 5.26 Å². The lowest BCUT2D eigenvalue weighted by Gasteiger charge is -2.32. The summed E-state index contributed by atoms with van der Waals surface area (Å²) < 4.78 is 5.86. The van der Waals surface area contributed by atoms with E-state index in [4.69, 9.17) is 10.00 Å². The molecule has 0 aliphatic heterocycles. The summed E-state index contributed by atoms with van der Waals surface area (Å²) >= 11 is 0. The van der Waals surface area contributed by atoms with E-state index in [2.05, 4.69) is 26.8 Å². The van der Waals surface area contributed by atoms with Crippen molar-refractivity contribution in [1.82, 2.24) is 0 Å². The number of ether oxygens (including phenoxy) is 1. The second kappa shape index (κ2) is 6.12. The molecule has 0 amide bonds. The van der Waals surface area contributed by atoms with Gasteiger partial charge in [0.2, 0.25) is 0 Å². The lowest BCUT2D eigenvalue weighted by Crippen LogP contribution is -2.32. The van der Waals surface area contributed by atoms with Crippen LogP contribution >= 0.6 is 0 Å². The van der Waals surface area contributed by atoms with Gasteiger partial charge in [0.15, 0.2) is 0 Å². The first-order valence-corrected chi connectivity index (χ1v) is 6.18. The van der Waals surface area contributed by atoms with Crippen LogP contribution < -0.4 is 0 Å². The third-order valence-corrected chi connectivity index (χ3v) is 3.29. The number of hydrogen-bond donors (Lipinski definition) is 0. The molecule has 0 spiro atoms. The highest BCUT2D eigenvalue weighted by molar-refractivity contribution is 4.93. The fraction of sp³-hybridized carbons (Fsp3) is 0.923. The van der Waals surface area contributed by atoms with Crippen molar-refractivity contribution in [2.45, 2.75) is 52.6 Å². The molecule has 1 fully saturated rings. The molecule has 0 radical (unpaired) electrons. The summed E-state index contributed by atoms with van der Waals surface area (Å²) in [7, 11) is 0. The summed E-state index contributed by atoms with van der Waals surface area (Å²) in [5.74, 6) is 1.46. The molecule has 3 atom stereocenters. The predicted molar refractivity (Wildman–Crippen MR) is 61.3 cm³/mol. The van der Waals surface area contributed by atoms with Crippen LogP contribution in [0.25, 0.3) is 0 Å². The monoisotopic (exact) mass is 209 g/mol. The van der Waals surface area contributed by atoms with Gasteiger partial charge in [0.05, 0.1) is 18.1 Å². The topological polar surface area (TPSA) is 33.0 Å². The quantitative estimate of drug-likeness (QED) is 0.711. The van der Waals surface area contributed by atoms with E-state index in [9.17, 15) is 0 Å². The Balaban J connectivity index is 2.44. The van der Waals surface area contributed by atoms with Gasteiger partial charge in [-0.05, 0) is 31.1 Å². The molecule has 0 aromatic heterocycles. The van der Waals surface area contributed by atoms with Gasteiger partial charge in [-0.25, -0.2) is 0 Å². The first-order chi connectivity index (χ1) is 7.17. The van der Waals surface area contributed by atoms with Gasteiger partial charge in [0.25, 0.3) is 0 Å². The zero-order valence-corrected chi connectivity index (χ0v) is 10.2. The molecule has 1 rings (SSSR count). The number of nitriles is 1. The van der Waals surface area contributed by atoms with Crippen molar-refractivity contribution < 1.29 is 4.74 Å². The summed E-state index contributed by atoms with van der Waals surface area (Å²) in [5, 5.41) is 9.06. The maximum absolute atomic E-state index is 9.06. The van der Waals surface area contributed by atoms with E-state index in [0.29, 0.717) is 5.92 Å². The summed E-state index contributed by atoms with van der Waals surface area (Å²) in [5.41, 5.74) is 0. The molecule has 0 bridgehead atoms. The molecule has 2 nitrogen and oxygen atoms in total. The van der Waals surface area contributed by atoms with E-state index in [1.54, 1.807) is 0 Å². The summed E-state index contributed by atoms with van der Waals surface area (Å²) in [6.07, 6.45) is 4.73. The largest absolute Gasteiger partial charge is 0.377 e. The molecule has 1 saturated carbocycles. The predicted octanol–water partition coefficient (Wildman–Crippen LogP) is 3.38. The minimum Gasteiger partial charge on any atom is -0.377 e. The average Bonchev–Trinajstić information content (AvgIpc) is 2.25. The zero-order valence-electron chi connectivity index (χ0n) is 10.2. The van der Waals surface area contributed by atoms with Gasteiger partial charge in [-0.3, -0.25) is 0 Å².